The van der Waals surface area contributed by atoms with Crippen LogP contribution in [0.2, 0.25) is 0 Å². The van der Waals surface area contributed by atoms with Crippen molar-refractivity contribution in [3.05, 3.63) is 0 Å². The van der Waals surface area contributed by atoms with Gasteiger partial charge in [0.1, 0.15) is 12.9 Å². The van der Waals surface area contributed by atoms with E-state index in [1.807, 2.05) is 0 Å². The topological polar surface area (TPSA) is 31.0 Å². The summed E-state index contributed by atoms with van der Waals surface area (Å²) in [5, 5.41) is 0. The highest BCUT2D eigenvalue weighted by Crippen LogP contribution is 2.28. The minimum Gasteiger partial charge on any atom is -0.371 e. The minimum atomic E-state index is 0.361. The lowest BCUT2D eigenvalue weighted by Gasteiger charge is -2.02. The standard InChI is InChI=1S/C8H14O3/c1-2-7(1)3-9-6-10-4-8-5-11-8/h7-8H,1-6H2. The Kier molecular flexibility index (Phi) is 2.41. The van der Waals surface area contributed by atoms with Gasteiger partial charge >= 0.3 is 0 Å². The summed E-state index contributed by atoms with van der Waals surface area (Å²) in [6, 6.07) is 0. The van der Waals surface area contributed by atoms with Gasteiger partial charge in [-0.1, -0.05) is 0 Å². The lowest BCUT2D eigenvalue weighted by atomic mass is 10.5. The van der Waals surface area contributed by atoms with Crippen LogP contribution in [0.3, 0.4) is 0 Å². The van der Waals surface area contributed by atoms with E-state index in [2.05, 4.69) is 0 Å². The number of hydrogen-bond donors (Lipinski definition) is 0. The summed E-state index contributed by atoms with van der Waals surface area (Å²) >= 11 is 0. The van der Waals surface area contributed by atoms with Crippen molar-refractivity contribution in [1.29, 1.82) is 0 Å². The van der Waals surface area contributed by atoms with Gasteiger partial charge in [-0.3, -0.25) is 0 Å². The van der Waals surface area contributed by atoms with Crippen LogP contribution in [0.25, 0.3) is 0 Å². The van der Waals surface area contributed by atoms with E-state index in [-0.39, 0.29) is 0 Å². The molecule has 0 aromatic rings. The summed E-state index contributed by atoms with van der Waals surface area (Å²) in [6.07, 6.45) is 3.04. The van der Waals surface area contributed by atoms with Crippen LogP contribution in [-0.4, -0.2) is 32.7 Å². The summed E-state index contributed by atoms with van der Waals surface area (Å²) in [4.78, 5) is 0. The largest absolute Gasteiger partial charge is 0.371 e. The predicted octanol–water partition coefficient (Wildman–Crippen LogP) is 0.786. The first kappa shape index (κ1) is 7.53. The van der Waals surface area contributed by atoms with Gasteiger partial charge in [0.15, 0.2) is 0 Å². The Morgan fingerprint density at radius 2 is 1.91 bits per heavy atom. The fourth-order valence-corrected chi connectivity index (χ4v) is 0.902. The van der Waals surface area contributed by atoms with E-state index >= 15 is 0 Å². The van der Waals surface area contributed by atoms with E-state index in [1.165, 1.54) is 12.8 Å². The first-order chi connectivity index (χ1) is 5.45. The van der Waals surface area contributed by atoms with E-state index < -0.39 is 0 Å². The van der Waals surface area contributed by atoms with Crippen molar-refractivity contribution in [2.75, 3.05) is 26.6 Å². The van der Waals surface area contributed by atoms with Crippen molar-refractivity contribution >= 4 is 0 Å². The van der Waals surface area contributed by atoms with Crippen LogP contribution in [0.5, 0.6) is 0 Å². The van der Waals surface area contributed by atoms with Crippen molar-refractivity contribution < 1.29 is 14.2 Å². The van der Waals surface area contributed by atoms with Crippen molar-refractivity contribution in [3.63, 3.8) is 0 Å². The Balaban J connectivity index is 1.35. The second-order valence-corrected chi connectivity index (χ2v) is 3.26. The maximum atomic E-state index is 5.26. The molecule has 0 amide bonds. The summed E-state index contributed by atoms with van der Waals surface area (Å²) < 4.78 is 15.4. The van der Waals surface area contributed by atoms with E-state index in [1.54, 1.807) is 0 Å². The van der Waals surface area contributed by atoms with Gasteiger partial charge in [-0.05, 0) is 18.8 Å². The molecule has 0 aromatic heterocycles. The molecular weight excluding hydrogens is 144 g/mol. The second-order valence-electron chi connectivity index (χ2n) is 3.26. The highest BCUT2D eigenvalue weighted by Gasteiger charge is 2.23. The summed E-state index contributed by atoms with van der Waals surface area (Å²) in [5.41, 5.74) is 0. The van der Waals surface area contributed by atoms with Crippen molar-refractivity contribution in [1.82, 2.24) is 0 Å². The van der Waals surface area contributed by atoms with Crippen LogP contribution in [0, 0.1) is 5.92 Å². The smallest absolute Gasteiger partial charge is 0.146 e. The van der Waals surface area contributed by atoms with Crippen molar-refractivity contribution in [3.8, 4) is 0 Å². The van der Waals surface area contributed by atoms with Gasteiger partial charge in [-0.25, -0.2) is 0 Å². The lowest BCUT2D eigenvalue weighted by molar-refractivity contribution is -0.0607. The predicted molar refractivity (Wildman–Crippen MR) is 39.2 cm³/mol. The van der Waals surface area contributed by atoms with Gasteiger partial charge in [0, 0.05) is 0 Å². The third kappa shape index (κ3) is 3.18. The van der Waals surface area contributed by atoms with Crippen LogP contribution >= 0.6 is 0 Å². The van der Waals surface area contributed by atoms with E-state index in [4.69, 9.17) is 14.2 Å². The minimum absolute atomic E-state index is 0.361. The normalized spacial score (nSPS) is 28.9. The number of epoxide rings is 1. The maximum absolute atomic E-state index is 5.26. The molecule has 1 heterocycles. The summed E-state index contributed by atoms with van der Waals surface area (Å²) in [5.74, 6) is 0.829. The van der Waals surface area contributed by atoms with Crippen LogP contribution in [-0.2, 0) is 14.2 Å². The zero-order valence-electron chi connectivity index (χ0n) is 6.62. The van der Waals surface area contributed by atoms with E-state index in [9.17, 15) is 0 Å². The molecule has 1 aliphatic heterocycles. The summed E-state index contributed by atoms with van der Waals surface area (Å²) in [6.45, 7) is 2.88. The highest BCUT2D eigenvalue weighted by molar-refractivity contribution is 4.71. The third-order valence-corrected chi connectivity index (χ3v) is 1.92. The molecule has 64 valence electrons. The Hall–Kier alpha value is -0.120. The molecule has 2 fully saturated rings. The van der Waals surface area contributed by atoms with Gasteiger partial charge < -0.3 is 14.2 Å². The van der Waals surface area contributed by atoms with Gasteiger partial charge in [0.25, 0.3) is 0 Å². The van der Waals surface area contributed by atoms with E-state index in [0.29, 0.717) is 19.5 Å². The molecule has 0 radical (unpaired) electrons. The van der Waals surface area contributed by atoms with Crippen LogP contribution < -0.4 is 0 Å². The molecule has 0 spiro atoms. The van der Waals surface area contributed by atoms with Gasteiger partial charge in [0.2, 0.25) is 0 Å². The van der Waals surface area contributed by atoms with Crippen LogP contribution in [0.15, 0.2) is 0 Å². The zero-order valence-corrected chi connectivity index (χ0v) is 6.62. The molecule has 1 aliphatic carbocycles. The molecule has 3 heteroatoms. The molecule has 2 aliphatic rings. The van der Waals surface area contributed by atoms with Gasteiger partial charge in [-0.15, -0.1) is 0 Å². The quantitative estimate of drug-likeness (QED) is 0.325. The maximum Gasteiger partial charge on any atom is 0.146 e. The first-order valence-corrected chi connectivity index (χ1v) is 4.22. The molecule has 1 unspecified atom stereocenters. The molecule has 11 heavy (non-hydrogen) atoms. The molecular formula is C8H14O3. The molecule has 3 nitrogen and oxygen atoms in total. The third-order valence-electron chi connectivity index (χ3n) is 1.92. The fourth-order valence-electron chi connectivity index (χ4n) is 0.902. The fraction of sp³-hybridized carbons (Fsp3) is 1.00. The van der Waals surface area contributed by atoms with Gasteiger partial charge in [0.05, 0.1) is 19.8 Å². The highest BCUT2D eigenvalue weighted by atomic mass is 16.7. The van der Waals surface area contributed by atoms with Crippen molar-refractivity contribution in [2.45, 2.75) is 18.9 Å². The number of rotatable bonds is 6. The molecule has 2 rings (SSSR count). The summed E-state index contributed by atoms with van der Waals surface area (Å²) in [7, 11) is 0. The van der Waals surface area contributed by atoms with Gasteiger partial charge in [-0.2, -0.15) is 0 Å². The monoisotopic (exact) mass is 158 g/mol. The average Bonchev–Trinajstić information content (AvgIpc) is 2.83. The van der Waals surface area contributed by atoms with Crippen LogP contribution in [0.1, 0.15) is 12.8 Å². The molecule has 1 atom stereocenters. The SMILES string of the molecule is C(OCC1CC1)OCC1CO1. The zero-order chi connectivity index (χ0) is 7.52. The molecule has 0 aromatic carbocycles. The second kappa shape index (κ2) is 3.52. The van der Waals surface area contributed by atoms with E-state index in [0.717, 1.165) is 19.1 Å². The van der Waals surface area contributed by atoms with Crippen LogP contribution in [0.4, 0.5) is 0 Å². The molecule has 0 bridgehead atoms. The lowest BCUT2D eigenvalue weighted by Crippen LogP contribution is -2.07. The molecule has 1 saturated carbocycles. The Morgan fingerprint density at radius 3 is 2.55 bits per heavy atom. The molecule has 0 N–H and O–H groups in total. The Labute approximate surface area is 66.6 Å². The van der Waals surface area contributed by atoms with Crippen molar-refractivity contribution in [2.24, 2.45) is 5.92 Å². The Morgan fingerprint density at radius 1 is 1.18 bits per heavy atom. The first-order valence-electron chi connectivity index (χ1n) is 4.22. The number of hydrogen-bond acceptors (Lipinski definition) is 3. The Bertz CT molecular complexity index is 105. The average molecular weight is 158 g/mol. The number of ether oxygens (including phenoxy) is 3. The molecule has 1 saturated heterocycles.